The molecule has 0 spiro atoms. The van der Waals surface area contributed by atoms with Crippen LogP contribution in [0.15, 0.2) is 33.7 Å². The Kier molecular flexibility index (Phi) is 10.1. The van der Waals surface area contributed by atoms with Crippen molar-refractivity contribution >= 4 is 27.8 Å². The van der Waals surface area contributed by atoms with Gasteiger partial charge >= 0.3 is 0 Å². The van der Waals surface area contributed by atoms with E-state index in [1.807, 2.05) is 19.1 Å². The van der Waals surface area contributed by atoms with Gasteiger partial charge in [0.15, 0.2) is 5.96 Å². The van der Waals surface area contributed by atoms with Crippen molar-refractivity contribution in [1.82, 2.24) is 16.0 Å². The zero-order chi connectivity index (χ0) is 16.9. The molecule has 6 nitrogen and oxygen atoms in total. The van der Waals surface area contributed by atoms with Crippen LogP contribution in [0.4, 0.5) is 0 Å². The number of carbonyl (C=O) groups is 1. The molecule has 0 unspecified atom stereocenters. The molecule has 23 heavy (non-hydrogen) atoms. The van der Waals surface area contributed by atoms with E-state index in [1.54, 1.807) is 19.2 Å². The van der Waals surface area contributed by atoms with Gasteiger partial charge in [0.1, 0.15) is 0 Å². The van der Waals surface area contributed by atoms with E-state index in [0.717, 1.165) is 36.6 Å². The molecule has 0 aliphatic heterocycles. The van der Waals surface area contributed by atoms with Crippen molar-refractivity contribution in [2.75, 3.05) is 39.9 Å². The number of benzene rings is 1. The van der Waals surface area contributed by atoms with E-state index in [2.05, 4.69) is 36.9 Å². The van der Waals surface area contributed by atoms with E-state index in [-0.39, 0.29) is 5.91 Å². The number of guanidine groups is 1. The number of amides is 1. The molecule has 0 bridgehead atoms. The molecule has 0 saturated carbocycles. The average molecular weight is 385 g/mol. The third-order valence-corrected chi connectivity index (χ3v) is 3.47. The van der Waals surface area contributed by atoms with Crippen molar-refractivity contribution in [3.8, 4) is 0 Å². The molecule has 0 aliphatic rings. The molecule has 7 heteroatoms. The van der Waals surface area contributed by atoms with Gasteiger partial charge in [0.05, 0.1) is 0 Å². The predicted octanol–water partition coefficient (Wildman–Crippen LogP) is 1.77. The SMILES string of the molecule is CCOCCCNC(=NC)NCCNC(=O)c1cccc(Br)c1. The first kappa shape index (κ1) is 19.4. The topological polar surface area (TPSA) is 74.8 Å². The number of hydrogen-bond acceptors (Lipinski definition) is 3. The van der Waals surface area contributed by atoms with Crippen LogP contribution in [0, 0.1) is 0 Å². The molecule has 1 rings (SSSR count). The summed E-state index contributed by atoms with van der Waals surface area (Å²) in [5.41, 5.74) is 0.637. The van der Waals surface area contributed by atoms with E-state index in [1.165, 1.54) is 0 Å². The molecule has 1 aromatic rings. The Labute approximate surface area is 146 Å². The maximum absolute atomic E-state index is 12.0. The van der Waals surface area contributed by atoms with Crippen molar-refractivity contribution < 1.29 is 9.53 Å². The van der Waals surface area contributed by atoms with Gasteiger partial charge < -0.3 is 20.7 Å². The lowest BCUT2D eigenvalue weighted by atomic mass is 10.2. The second-order valence-electron chi connectivity index (χ2n) is 4.74. The number of carbonyl (C=O) groups excluding carboxylic acids is 1. The van der Waals surface area contributed by atoms with Crippen LogP contribution in [-0.2, 0) is 4.74 Å². The van der Waals surface area contributed by atoms with Gasteiger partial charge in [0, 0.05) is 49.9 Å². The first-order valence-corrected chi connectivity index (χ1v) is 8.52. The van der Waals surface area contributed by atoms with Crippen molar-refractivity contribution in [1.29, 1.82) is 0 Å². The summed E-state index contributed by atoms with van der Waals surface area (Å²) in [4.78, 5) is 16.1. The zero-order valence-corrected chi connectivity index (χ0v) is 15.3. The van der Waals surface area contributed by atoms with E-state index >= 15 is 0 Å². The van der Waals surface area contributed by atoms with Gasteiger partial charge in [0.25, 0.3) is 5.91 Å². The molecule has 3 N–H and O–H groups in total. The van der Waals surface area contributed by atoms with Gasteiger partial charge in [-0.3, -0.25) is 9.79 Å². The molecule has 1 aromatic carbocycles. The summed E-state index contributed by atoms with van der Waals surface area (Å²) in [6.45, 7) is 5.38. The molecule has 1 amide bonds. The maximum Gasteiger partial charge on any atom is 0.251 e. The number of aliphatic imine (C=N–C) groups is 1. The average Bonchev–Trinajstić information content (AvgIpc) is 2.56. The minimum absolute atomic E-state index is 0.0900. The van der Waals surface area contributed by atoms with Crippen molar-refractivity contribution in [3.05, 3.63) is 34.3 Å². The third kappa shape index (κ3) is 8.56. The van der Waals surface area contributed by atoms with Crippen LogP contribution in [0.5, 0.6) is 0 Å². The third-order valence-electron chi connectivity index (χ3n) is 2.98. The van der Waals surface area contributed by atoms with Gasteiger partial charge in [-0.15, -0.1) is 0 Å². The standard InChI is InChI=1S/C16H25BrN4O2/c1-3-23-11-5-8-20-16(18-2)21-10-9-19-15(22)13-6-4-7-14(17)12-13/h4,6-7,12H,3,5,8-11H2,1-2H3,(H,19,22)(H2,18,20,21). The first-order chi connectivity index (χ1) is 11.2. The van der Waals surface area contributed by atoms with Gasteiger partial charge in [-0.25, -0.2) is 0 Å². The Hall–Kier alpha value is -1.60. The molecule has 0 atom stereocenters. The van der Waals surface area contributed by atoms with Crippen molar-refractivity contribution in [2.45, 2.75) is 13.3 Å². The lowest BCUT2D eigenvalue weighted by Crippen LogP contribution is -2.42. The highest BCUT2D eigenvalue weighted by Gasteiger charge is 2.04. The molecule has 0 aliphatic carbocycles. The normalized spacial score (nSPS) is 11.2. The summed E-state index contributed by atoms with van der Waals surface area (Å²) >= 11 is 3.36. The van der Waals surface area contributed by atoms with Crippen LogP contribution in [0.25, 0.3) is 0 Å². The molecular weight excluding hydrogens is 360 g/mol. The fourth-order valence-electron chi connectivity index (χ4n) is 1.83. The largest absolute Gasteiger partial charge is 0.382 e. The highest BCUT2D eigenvalue weighted by Crippen LogP contribution is 2.11. The molecule has 0 saturated heterocycles. The van der Waals surface area contributed by atoms with Crippen LogP contribution in [-0.4, -0.2) is 51.8 Å². The highest BCUT2D eigenvalue weighted by molar-refractivity contribution is 9.10. The lowest BCUT2D eigenvalue weighted by molar-refractivity contribution is 0.0954. The summed E-state index contributed by atoms with van der Waals surface area (Å²) < 4.78 is 6.16. The summed E-state index contributed by atoms with van der Waals surface area (Å²) in [7, 11) is 1.72. The zero-order valence-electron chi connectivity index (χ0n) is 13.7. The Balaban J connectivity index is 2.18. The number of ether oxygens (including phenoxy) is 1. The summed E-state index contributed by atoms with van der Waals surface area (Å²) in [5.74, 6) is 0.631. The van der Waals surface area contributed by atoms with E-state index in [4.69, 9.17) is 4.74 Å². The Morgan fingerprint density at radius 3 is 2.65 bits per heavy atom. The van der Waals surface area contributed by atoms with E-state index < -0.39 is 0 Å². The monoisotopic (exact) mass is 384 g/mol. The summed E-state index contributed by atoms with van der Waals surface area (Å²) in [6, 6.07) is 7.30. The number of halogens is 1. The number of rotatable bonds is 9. The smallest absolute Gasteiger partial charge is 0.251 e. The summed E-state index contributed by atoms with van der Waals surface area (Å²) in [5, 5.41) is 9.21. The number of nitrogens with zero attached hydrogens (tertiary/aromatic N) is 1. The van der Waals surface area contributed by atoms with Gasteiger partial charge in [-0.05, 0) is 31.5 Å². The quantitative estimate of drug-likeness (QED) is 0.344. The van der Waals surface area contributed by atoms with Crippen LogP contribution in [0.1, 0.15) is 23.7 Å². The van der Waals surface area contributed by atoms with Crippen molar-refractivity contribution in [3.63, 3.8) is 0 Å². The highest BCUT2D eigenvalue weighted by atomic mass is 79.9. The molecular formula is C16H25BrN4O2. The van der Waals surface area contributed by atoms with Crippen LogP contribution in [0.3, 0.4) is 0 Å². The van der Waals surface area contributed by atoms with Crippen LogP contribution < -0.4 is 16.0 Å². The molecule has 0 heterocycles. The van der Waals surface area contributed by atoms with Crippen molar-refractivity contribution in [2.24, 2.45) is 4.99 Å². The molecule has 0 aromatic heterocycles. The van der Waals surface area contributed by atoms with E-state index in [0.29, 0.717) is 18.7 Å². The lowest BCUT2D eigenvalue weighted by Gasteiger charge is -2.12. The second kappa shape index (κ2) is 11.9. The Morgan fingerprint density at radius 1 is 1.22 bits per heavy atom. The molecule has 0 radical (unpaired) electrons. The minimum Gasteiger partial charge on any atom is -0.382 e. The molecule has 128 valence electrons. The van der Waals surface area contributed by atoms with Gasteiger partial charge in [-0.1, -0.05) is 22.0 Å². The fraction of sp³-hybridized carbons (Fsp3) is 0.500. The van der Waals surface area contributed by atoms with Gasteiger partial charge in [-0.2, -0.15) is 0 Å². The number of nitrogens with one attached hydrogen (secondary N) is 3. The first-order valence-electron chi connectivity index (χ1n) is 7.73. The van der Waals surface area contributed by atoms with Crippen LogP contribution in [0.2, 0.25) is 0 Å². The summed E-state index contributed by atoms with van der Waals surface area (Å²) in [6.07, 6.45) is 0.925. The molecule has 0 fully saturated rings. The number of hydrogen-bond donors (Lipinski definition) is 3. The Morgan fingerprint density at radius 2 is 1.96 bits per heavy atom. The Bertz CT molecular complexity index is 509. The maximum atomic E-state index is 12.0. The van der Waals surface area contributed by atoms with Gasteiger partial charge in [0.2, 0.25) is 0 Å². The van der Waals surface area contributed by atoms with E-state index in [9.17, 15) is 4.79 Å². The fourth-order valence-corrected chi connectivity index (χ4v) is 2.23. The minimum atomic E-state index is -0.0900. The van der Waals surface area contributed by atoms with Crippen LogP contribution >= 0.6 is 15.9 Å². The second-order valence-corrected chi connectivity index (χ2v) is 5.66. The predicted molar refractivity (Wildman–Crippen MR) is 96.9 cm³/mol.